The highest BCUT2D eigenvalue weighted by atomic mass is 16.6. The third-order valence-electron chi connectivity index (χ3n) is 7.88. The second-order valence-electron chi connectivity index (χ2n) is 11.8. The van der Waals surface area contributed by atoms with Crippen molar-refractivity contribution in [3.8, 4) is 5.75 Å². The predicted octanol–water partition coefficient (Wildman–Crippen LogP) is 3.69. The van der Waals surface area contributed by atoms with E-state index in [1.165, 1.54) is 12.2 Å². The van der Waals surface area contributed by atoms with Gasteiger partial charge in [-0.3, -0.25) is 24.0 Å². The molecule has 42 heavy (non-hydrogen) atoms. The number of esters is 3. The number of hydrogen-bond acceptors (Lipinski definition) is 10. The molecule has 0 amide bonds. The number of carbonyl (C=O) groups excluding carboxylic acids is 5. The third-order valence-corrected chi connectivity index (χ3v) is 7.88. The van der Waals surface area contributed by atoms with E-state index in [4.69, 9.17) is 18.9 Å². The molecule has 2 aliphatic carbocycles. The van der Waals surface area contributed by atoms with Crippen molar-refractivity contribution < 1.29 is 48.0 Å². The second-order valence-corrected chi connectivity index (χ2v) is 11.8. The molecule has 3 rings (SSSR count). The van der Waals surface area contributed by atoms with Gasteiger partial charge in [-0.2, -0.15) is 0 Å². The van der Waals surface area contributed by atoms with Crippen molar-refractivity contribution >= 4 is 29.5 Å². The van der Waals surface area contributed by atoms with Gasteiger partial charge in [0.1, 0.15) is 11.9 Å². The minimum atomic E-state index is -2.52. The van der Waals surface area contributed by atoms with Gasteiger partial charge in [-0.15, -0.1) is 0 Å². The van der Waals surface area contributed by atoms with Crippen molar-refractivity contribution in [2.75, 3.05) is 0 Å². The molecule has 0 spiro atoms. The fourth-order valence-corrected chi connectivity index (χ4v) is 6.04. The standard InChI is InChI=1S/C32H40O10/c1-18-14-15-30(7,8)27(37)25(39-21(4)33)16-19(2)28(40-22(5)34)32(38)29(41-24-12-10-9-11-13-24)20(3)17-31(32,26(18)36)42-23(6)35/h9-15,18,20,25,28-29,38H,2,16-17H2,1,3-8H3/t18-,20+,25?,28+,29+,31?,32-/m1/s1. The quantitative estimate of drug-likeness (QED) is 0.309. The Kier molecular flexibility index (Phi) is 9.51. The van der Waals surface area contributed by atoms with Gasteiger partial charge in [0.25, 0.3) is 0 Å². The number of benzene rings is 1. The first-order chi connectivity index (χ1) is 19.5. The number of para-hydroxylation sites is 1. The number of rotatable bonds is 5. The molecule has 7 atom stereocenters. The van der Waals surface area contributed by atoms with Crippen molar-refractivity contribution in [3.63, 3.8) is 0 Å². The Balaban J connectivity index is 2.38. The van der Waals surface area contributed by atoms with E-state index in [1.807, 2.05) is 0 Å². The topological polar surface area (TPSA) is 143 Å². The molecule has 1 N–H and O–H groups in total. The summed E-state index contributed by atoms with van der Waals surface area (Å²) in [6.45, 7) is 13.9. The van der Waals surface area contributed by atoms with Gasteiger partial charge in [0.05, 0.1) is 0 Å². The summed E-state index contributed by atoms with van der Waals surface area (Å²) in [6.07, 6.45) is -1.86. The molecule has 2 aliphatic rings. The van der Waals surface area contributed by atoms with Crippen LogP contribution in [0, 0.1) is 17.3 Å². The molecule has 10 heteroatoms. The summed E-state index contributed by atoms with van der Waals surface area (Å²) in [5, 5.41) is 12.9. The van der Waals surface area contributed by atoms with E-state index < -0.39 is 76.2 Å². The van der Waals surface area contributed by atoms with Crippen LogP contribution < -0.4 is 4.74 Å². The van der Waals surface area contributed by atoms with E-state index in [0.29, 0.717) is 5.75 Å². The van der Waals surface area contributed by atoms with Crippen LogP contribution in [0.5, 0.6) is 5.75 Å². The number of Topliss-reactive ketones (excluding diaryl/α,β-unsaturated/α-hetero) is 2. The van der Waals surface area contributed by atoms with Crippen molar-refractivity contribution in [1.82, 2.24) is 0 Å². The Morgan fingerprint density at radius 1 is 0.929 bits per heavy atom. The number of allylic oxidation sites excluding steroid dienone is 2. The highest BCUT2D eigenvalue weighted by Gasteiger charge is 2.74. The lowest BCUT2D eigenvalue weighted by atomic mass is 9.70. The summed E-state index contributed by atoms with van der Waals surface area (Å²) in [5.41, 5.74) is -6.01. The molecule has 1 aromatic carbocycles. The summed E-state index contributed by atoms with van der Waals surface area (Å²) < 4.78 is 23.2. The minimum Gasteiger partial charge on any atom is -0.487 e. The van der Waals surface area contributed by atoms with E-state index in [2.05, 4.69) is 6.58 Å². The van der Waals surface area contributed by atoms with E-state index in [1.54, 1.807) is 58.0 Å². The molecule has 0 heterocycles. The highest BCUT2D eigenvalue weighted by Crippen LogP contribution is 2.53. The lowest BCUT2D eigenvalue weighted by Crippen LogP contribution is -2.70. The SMILES string of the molecule is C=C1CC(OC(C)=O)C(=O)C(C)(C)C=C[C@@H](C)C(=O)C2(OC(C)=O)C[C@H](C)[C@H](Oc3ccccc3)[C@]2(O)[C@H]1OC(C)=O. The van der Waals surface area contributed by atoms with Crippen LogP contribution in [0.1, 0.15) is 61.3 Å². The second kappa shape index (κ2) is 12.2. The van der Waals surface area contributed by atoms with Gasteiger partial charge in [-0.25, -0.2) is 0 Å². The number of fused-ring (bicyclic) bond motifs is 1. The Labute approximate surface area is 246 Å². The maximum Gasteiger partial charge on any atom is 0.303 e. The number of aliphatic hydroxyl groups is 1. The lowest BCUT2D eigenvalue weighted by Gasteiger charge is -2.47. The van der Waals surface area contributed by atoms with Crippen LogP contribution in [0.15, 0.2) is 54.6 Å². The van der Waals surface area contributed by atoms with E-state index in [-0.39, 0.29) is 18.4 Å². The smallest absolute Gasteiger partial charge is 0.303 e. The average molecular weight is 585 g/mol. The molecule has 0 aliphatic heterocycles. The molecular weight excluding hydrogens is 544 g/mol. The predicted molar refractivity (Wildman–Crippen MR) is 151 cm³/mol. The largest absolute Gasteiger partial charge is 0.487 e. The molecule has 1 aromatic rings. The van der Waals surface area contributed by atoms with Crippen molar-refractivity contribution in [3.05, 3.63) is 54.6 Å². The number of ketones is 2. The number of ether oxygens (including phenoxy) is 4. The maximum absolute atomic E-state index is 14.4. The van der Waals surface area contributed by atoms with Crippen molar-refractivity contribution in [1.29, 1.82) is 0 Å². The number of carbonyl (C=O) groups is 5. The average Bonchev–Trinajstić information content (AvgIpc) is 3.10. The Hall–Kier alpha value is -3.79. The van der Waals surface area contributed by atoms with E-state index >= 15 is 0 Å². The van der Waals surface area contributed by atoms with Crippen LogP contribution in [-0.2, 0) is 38.2 Å². The molecule has 2 unspecified atom stereocenters. The fraction of sp³-hybridized carbons (Fsp3) is 0.531. The molecule has 0 aromatic heterocycles. The van der Waals surface area contributed by atoms with Crippen LogP contribution in [0.4, 0.5) is 0 Å². The van der Waals surface area contributed by atoms with Crippen molar-refractivity contribution in [2.45, 2.75) is 90.8 Å². The number of hydrogen-bond donors (Lipinski definition) is 1. The van der Waals surface area contributed by atoms with Gasteiger partial charge < -0.3 is 24.1 Å². The van der Waals surface area contributed by atoms with Crippen LogP contribution in [0.25, 0.3) is 0 Å². The summed E-state index contributed by atoms with van der Waals surface area (Å²) in [5.74, 6) is -4.84. The first kappa shape index (κ1) is 32.7. The normalized spacial score (nSPS) is 33.0. The molecular formula is C32H40O10. The van der Waals surface area contributed by atoms with Gasteiger partial charge >= 0.3 is 17.9 Å². The zero-order valence-corrected chi connectivity index (χ0v) is 25.2. The summed E-state index contributed by atoms with van der Waals surface area (Å²) in [7, 11) is 0. The molecule has 0 saturated heterocycles. The van der Waals surface area contributed by atoms with Crippen LogP contribution in [-0.4, -0.2) is 64.1 Å². The molecule has 1 saturated carbocycles. The maximum atomic E-state index is 14.4. The van der Waals surface area contributed by atoms with Crippen LogP contribution in [0.3, 0.4) is 0 Å². The van der Waals surface area contributed by atoms with Gasteiger partial charge in [0, 0.05) is 50.9 Å². The molecule has 228 valence electrons. The highest BCUT2D eigenvalue weighted by molar-refractivity contribution is 5.96. The van der Waals surface area contributed by atoms with Gasteiger partial charge in [-0.05, 0) is 31.6 Å². The Morgan fingerprint density at radius 3 is 2.07 bits per heavy atom. The zero-order valence-electron chi connectivity index (χ0n) is 25.2. The first-order valence-corrected chi connectivity index (χ1v) is 13.9. The van der Waals surface area contributed by atoms with Crippen LogP contribution >= 0.6 is 0 Å². The van der Waals surface area contributed by atoms with Crippen LogP contribution in [0.2, 0.25) is 0 Å². The third kappa shape index (κ3) is 6.18. The first-order valence-electron chi connectivity index (χ1n) is 13.9. The fourth-order valence-electron chi connectivity index (χ4n) is 6.04. The Bertz CT molecular complexity index is 1280. The molecule has 0 bridgehead atoms. The summed E-state index contributed by atoms with van der Waals surface area (Å²) in [4.78, 5) is 65.3. The monoisotopic (exact) mass is 584 g/mol. The molecule has 10 nitrogen and oxygen atoms in total. The summed E-state index contributed by atoms with van der Waals surface area (Å²) >= 11 is 0. The van der Waals surface area contributed by atoms with Gasteiger partial charge in [-0.1, -0.05) is 50.8 Å². The van der Waals surface area contributed by atoms with Gasteiger partial charge in [0.15, 0.2) is 29.4 Å². The molecule has 1 fully saturated rings. The summed E-state index contributed by atoms with van der Waals surface area (Å²) in [6, 6.07) is 8.51. The van der Waals surface area contributed by atoms with Crippen molar-refractivity contribution in [2.24, 2.45) is 17.3 Å². The molecule has 0 radical (unpaired) electrons. The lowest BCUT2D eigenvalue weighted by molar-refractivity contribution is -0.228. The Morgan fingerprint density at radius 2 is 1.52 bits per heavy atom. The van der Waals surface area contributed by atoms with Gasteiger partial charge in [0.2, 0.25) is 5.60 Å². The van der Waals surface area contributed by atoms with E-state index in [9.17, 15) is 29.1 Å². The minimum absolute atomic E-state index is 0.0413. The zero-order chi connectivity index (χ0) is 31.6. The van der Waals surface area contributed by atoms with E-state index in [0.717, 1.165) is 20.8 Å².